The summed E-state index contributed by atoms with van der Waals surface area (Å²) in [6, 6.07) is 8.81. The van der Waals surface area contributed by atoms with Gasteiger partial charge < -0.3 is 15.3 Å². The number of aryl methyl sites for hydroxylation is 1. The van der Waals surface area contributed by atoms with Crippen LogP contribution in [-0.4, -0.2) is 35.2 Å². The number of hydrogen-bond donors (Lipinski definition) is 2. The molecule has 1 saturated heterocycles. The van der Waals surface area contributed by atoms with E-state index in [-0.39, 0.29) is 24.7 Å². The zero-order valence-corrected chi connectivity index (χ0v) is 14.4. The predicted octanol–water partition coefficient (Wildman–Crippen LogP) is 3.78. The van der Waals surface area contributed by atoms with Gasteiger partial charge in [-0.15, -0.1) is 0 Å². The summed E-state index contributed by atoms with van der Waals surface area (Å²) in [5.74, 6) is 0. The highest BCUT2D eigenvalue weighted by atomic mass is 16.3. The lowest BCUT2D eigenvalue weighted by Gasteiger charge is -2.32. The first-order valence-electron chi connectivity index (χ1n) is 8.86. The predicted molar refractivity (Wildman–Crippen MR) is 93.4 cm³/mol. The molecule has 0 aromatic heterocycles. The number of aliphatic hydroxyl groups is 1. The first-order valence-corrected chi connectivity index (χ1v) is 8.86. The SMILES string of the molecule is Cc1cccc(C2CCCCCN2C(=O)NC(C)CCCO)c1. The third-order valence-corrected chi connectivity index (χ3v) is 4.61. The van der Waals surface area contributed by atoms with Crippen molar-refractivity contribution in [3.63, 3.8) is 0 Å². The molecule has 1 fully saturated rings. The number of nitrogens with one attached hydrogen (secondary N) is 1. The van der Waals surface area contributed by atoms with Gasteiger partial charge in [0.25, 0.3) is 0 Å². The van der Waals surface area contributed by atoms with E-state index in [0.717, 1.165) is 32.2 Å². The topological polar surface area (TPSA) is 52.6 Å². The second-order valence-electron chi connectivity index (χ2n) is 6.69. The largest absolute Gasteiger partial charge is 0.396 e. The molecule has 1 aliphatic rings. The summed E-state index contributed by atoms with van der Waals surface area (Å²) in [5.41, 5.74) is 2.48. The van der Waals surface area contributed by atoms with Gasteiger partial charge in [0.15, 0.2) is 0 Å². The molecule has 2 N–H and O–H groups in total. The maximum Gasteiger partial charge on any atom is 0.318 e. The van der Waals surface area contributed by atoms with E-state index in [0.29, 0.717) is 0 Å². The Labute approximate surface area is 139 Å². The lowest BCUT2D eigenvalue weighted by molar-refractivity contribution is 0.171. The highest BCUT2D eigenvalue weighted by molar-refractivity contribution is 5.75. The van der Waals surface area contributed by atoms with Crippen molar-refractivity contribution in [2.24, 2.45) is 0 Å². The fraction of sp³-hybridized carbons (Fsp3) is 0.632. The van der Waals surface area contributed by atoms with E-state index >= 15 is 0 Å². The fourth-order valence-electron chi connectivity index (χ4n) is 3.34. The van der Waals surface area contributed by atoms with Crippen LogP contribution in [0.5, 0.6) is 0 Å². The van der Waals surface area contributed by atoms with E-state index in [1.165, 1.54) is 24.0 Å². The minimum Gasteiger partial charge on any atom is -0.396 e. The van der Waals surface area contributed by atoms with E-state index in [9.17, 15) is 4.79 Å². The molecule has 0 bridgehead atoms. The number of carbonyl (C=O) groups excluding carboxylic acids is 1. The monoisotopic (exact) mass is 318 g/mol. The van der Waals surface area contributed by atoms with E-state index < -0.39 is 0 Å². The van der Waals surface area contributed by atoms with Gasteiger partial charge in [-0.05, 0) is 45.1 Å². The van der Waals surface area contributed by atoms with Gasteiger partial charge in [-0.1, -0.05) is 42.7 Å². The molecule has 1 aliphatic heterocycles. The van der Waals surface area contributed by atoms with Crippen molar-refractivity contribution in [1.29, 1.82) is 0 Å². The number of aliphatic hydroxyl groups excluding tert-OH is 1. The van der Waals surface area contributed by atoms with Crippen molar-refractivity contribution in [3.05, 3.63) is 35.4 Å². The van der Waals surface area contributed by atoms with Crippen molar-refractivity contribution in [2.45, 2.75) is 64.5 Å². The highest BCUT2D eigenvalue weighted by Gasteiger charge is 2.27. The van der Waals surface area contributed by atoms with Crippen LogP contribution in [0, 0.1) is 6.92 Å². The van der Waals surface area contributed by atoms with Crippen LogP contribution < -0.4 is 5.32 Å². The van der Waals surface area contributed by atoms with Crippen LogP contribution in [0.3, 0.4) is 0 Å². The van der Waals surface area contributed by atoms with Crippen LogP contribution in [0.25, 0.3) is 0 Å². The van der Waals surface area contributed by atoms with Crippen LogP contribution in [0.4, 0.5) is 4.79 Å². The Balaban J connectivity index is 2.10. The van der Waals surface area contributed by atoms with Crippen LogP contribution in [0.2, 0.25) is 0 Å². The number of nitrogens with zero attached hydrogens (tertiary/aromatic N) is 1. The zero-order valence-electron chi connectivity index (χ0n) is 14.4. The summed E-state index contributed by atoms with van der Waals surface area (Å²) >= 11 is 0. The van der Waals surface area contributed by atoms with Crippen molar-refractivity contribution >= 4 is 6.03 Å². The van der Waals surface area contributed by atoms with Gasteiger partial charge in [-0.3, -0.25) is 0 Å². The molecule has 0 saturated carbocycles. The van der Waals surface area contributed by atoms with Gasteiger partial charge >= 0.3 is 6.03 Å². The van der Waals surface area contributed by atoms with Crippen LogP contribution >= 0.6 is 0 Å². The van der Waals surface area contributed by atoms with Crippen molar-refractivity contribution in [1.82, 2.24) is 10.2 Å². The number of amides is 2. The minimum absolute atomic E-state index is 0.0313. The molecule has 2 amide bonds. The third-order valence-electron chi connectivity index (χ3n) is 4.61. The quantitative estimate of drug-likeness (QED) is 0.868. The smallest absolute Gasteiger partial charge is 0.318 e. The molecule has 1 aromatic carbocycles. The van der Waals surface area contributed by atoms with E-state index in [4.69, 9.17) is 5.11 Å². The minimum atomic E-state index is 0.0313. The van der Waals surface area contributed by atoms with E-state index in [2.05, 4.69) is 36.5 Å². The van der Waals surface area contributed by atoms with Crippen molar-refractivity contribution in [3.8, 4) is 0 Å². The summed E-state index contributed by atoms with van der Waals surface area (Å²) < 4.78 is 0. The molecule has 0 radical (unpaired) electrons. The molecule has 2 unspecified atom stereocenters. The number of likely N-dealkylation sites (tertiary alicyclic amines) is 1. The lowest BCUT2D eigenvalue weighted by atomic mass is 9.99. The third kappa shape index (κ3) is 5.24. The van der Waals surface area contributed by atoms with Gasteiger partial charge in [0.05, 0.1) is 6.04 Å². The molecule has 128 valence electrons. The molecule has 0 aliphatic carbocycles. The second-order valence-corrected chi connectivity index (χ2v) is 6.69. The zero-order chi connectivity index (χ0) is 16.7. The molecule has 2 atom stereocenters. The Hall–Kier alpha value is -1.55. The van der Waals surface area contributed by atoms with Gasteiger partial charge in [0, 0.05) is 19.2 Å². The Morgan fingerprint density at radius 3 is 2.96 bits per heavy atom. The van der Waals surface area contributed by atoms with E-state index in [1.807, 2.05) is 11.8 Å². The normalized spacial score (nSPS) is 20.0. The number of benzene rings is 1. The summed E-state index contributed by atoms with van der Waals surface area (Å²) in [4.78, 5) is 14.8. The standard InChI is InChI=1S/C19H30N2O2/c1-15-8-6-10-17(14-15)18-11-4-3-5-12-21(18)19(23)20-16(2)9-7-13-22/h6,8,10,14,16,18,22H,3-5,7,9,11-13H2,1-2H3,(H,20,23). The Morgan fingerprint density at radius 2 is 2.22 bits per heavy atom. The summed E-state index contributed by atoms with van der Waals surface area (Å²) in [6.07, 6.45) is 5.99. The molecule has 1 aromatic rings. The fourth-order valence-corrected chi connectivity index (χ4v) is 3.34. The second kappa shape index (κ2) is 8.92. The maximum absolute atomic E-state index is 12.7. The molecular formula is C19H30N2O2. The van der Waals surface area contributed by atoms with Crippen LogP contribution in [-0.2, 0) is 0 Å². The maximum atomic E-state index is 12.7. The van der Waals surface area contributed by atoms with Crippen LogP contribution in [0.1, 0.15) is 62.6 Å². The van der Waals surface area contributed by atoms with Crippen LogP contribution in [0.15, 0.2) is 24.3 Å². The van der Waals surface area contributed by atoms with Crippen molar-refractivity contribution < 1.29 is 9.90 Å². The number of rotatable bonds is 5. The summed E-state index contributed by atoms with van der Waals surface area (Å²) in [6.45, 7) is 5.10. The van der Waals surface area contributed by atoms with E-state index in [1.54, 1.807) is 0 Å². The molecule has 1 heterocycles. The van der Waals surface area contributed by atoms with Gasteiger partial charge in [-0.25, -0.2) is 4.79 Å². The van der Waals surface area contributed by atoms with Gasteiger partial charge in [0.1, 0.15) is 0 Å². The Kier molecular flexibility index (Phi) is 6.90. The first-order chi connectivity index (χ1) is 11.1. The number of urea groups is 1. The Morgan fingerprint density at radius 1 is 1.39 bits per heavy atom. The molecule has 2 rings (SSSR count). The molecule has 0 spiro atoms. The van der Waals surface area contributed by atoms with Crippen molar-refractivity contribution in [2.75, 3.05) is 13.2 Å². The number of carbonyl (C=O) groups is 1. The molecule has 4 heteroatoms. The van der Waals surface area contributed by atoms with Gasteiger partial charge in [-0.2, -0.15) is 0 Å². The average molecular weight is 318 g/mol. The first kappa shape index (κ1) is 17.8. The molecular weight excluding hydrogens is 288 g/mol. The highest BCUT2D eigenvalue weighted by Crippen LogP contribution is 2.30. The average Bonchev–Trinajstić information content (AvgIpc) is 2.78. The number of hydrogen-bond acceptors (Lipinski definition) is 2. The summed E-state index contributed by atoms with van der Waals surface area (Å²) in [5, 5.41) is 12.0. The molecule has 23 heavy (non-hydrogen) atoms. The summed E-state index contributed by atoms with van der Waals surface area (Å²) in [7, 11) is 0. The Bertz CT molecular complexity index is 504. The lowest BCUT2D eigenvalue weighted by Crippen LogP contribution is -2.45. The molecule has 4 nitrogen and oxygen atoms in total. The van der Waals surface area contributed by atoms with Gasteiger partial charge in [0.2, 0.25) is 0 Å².